The van der Waals surface area contributed by atoms with Crippen molar-refractivity contribution in [2.75, 3.05) is 5.32 Å². The molecule has 1 aliphatic carbocycles. The Labute approximate surface area is 150 Å². The Hall–Kier alpha value is -1.60. The number of hydrogen-bond donors (Lipinski definition) is 2. The molecule has 5 nitrogen and oxygen atoms in total. The molecular weight excluding hydrogens is 371 g/mol. The van der Waals surface area contributed by atoms with E-state index in [-0.39, 0.29) is 16.5 Å². The third-order valence-electron chi connectivity index (χ3n) is 3.48. The van der Waals surface area contributed by atoms with Crippen molar-refractivity contribution < 1.29 is 13.2 Å². The third-order valence-corrected chi connectivity index (χ3v) is 5.74. The van der Waals surface area contributed by atoms with Crippen molar-refractivity contribution in [1.29, 1.82) is 0 Å². The minimum Gasteiger partial charge on any atom is -0.322 e. The molecule has 0 aliphatic heterocycles. The second-order valence-electron chi connectivity index (χ2n) is 5.51. The van der Waals surface area contributed by atoms with E-state index in [1.54, 1.807) is 18.2 Å². The second kappa shape index (κ2) is 6.72. The van der Waals surface area contributed by atoms with Gasteiger partial charge in [-0.3, -0.25) is 4.79 Å². The molecule has 2 N–H and O–H groups in total. The van der Waals surface area contributed by atoms with E-state index in [4.69, 9.17) is 23.2 Å². The van der Waals surface area contributed by atoms with E-state index >= 15 is 0 Å². The van der Waals surface area contributed by atoms with Crippen LogP contribution < -0.4 is 10.0 Å². The topological polar surface area (TPSA) is 75.3 Å². The maximum Gasteiger partial charge on any atom is 0.255 e. The van der Waals surface area contributed by atoms with Crippen molar-refractivity contribution in [3.8, 4) is 0 Å². The molecule has 0 radical (unpaired) electrons. The zero-order chi connectivity index (χ0) is 17.3. The van der Waals surface area contributed by atoms with E-state index in [9.17, 15) is 13.2 Å². The highest BCUT2D eigenvalue weighted by molar-refractivity contribution is 7.89. The zero-order valence-electron chi connectivity index (χ0n) is 12.4. The Morgan fingerprint density at radius 2 is 1.79 bits per heavy atom. The second-order valence-corrected chi connectivity index (χ2v) is 8.03. The van der Waals surface area contributed by atoms with Crippen molar-refractivity contribution >= 4 is 44.8 Å². The van der Waals surface area contributed by atoms with Crippen LogP contribution in [0.4, 0.5) is 5.69 Å². The van der Waals surface area contributed by atoms with E-state index in [0.29, 0.717) is 15.7 Å². The predicted molar refractivity (Wildman–Crippen MR) is 94.2 cm³/mol. The van der Waals surface area contributed by atoms with Crippen LogP contribution in [0.25, 0.3) is 0 Å². The number of carbonyl (C=O) groups excluding carboxylic acids is 1. The number of amides is 1. The molecule has 8 heteroatoms. The van der Waals surface area contributed by atoms with Crippen molar-refractivity contribution in [3.63, 3.8) is 0 Å². The summed E-state index contributed by atoms with van der Waals surface area (Å²) in [7, 11) is -3.61. The Morgan fingerprint density at radius 1 is 1.04 bits per heavy atom. The number of hydrogen-bond acceptors (Lipinski definition) is 3. The van der Waals surface area contributed by atoms with Gasteiger partial charge >= 0.3 is 0 Å². The van der Waals surface area contributed by atoms with Crippen LogP contribution in [0.5, 0.6) is 0 Å². The predicted octanol–water partition coefficient (Wildman–Crippen LogP) is 3.69. The Balaban J connectivity index is 1.80. The number of anilines is 1. The van der Waals surface area contributed by atoms with E-state index in [0.717, 1.165) is 12.8 Å². The smallest absolute Gasteiger partial charge is 0.255 e. The van der Waals surface area contributed by atoms with Crippen LogP contribution in [-0.4, -0.2) is 20.4 Å². The van der Waals surface area contributed by atoms with Crippen LogP contribution in [-0.2, 0) is 10.0 Å². The summed E-state index contributed by atoms with van der Waals surface area (Å²) in [5.41, 5.74) is 0.707. The molecule has 126 valence electrons. The van der Waals surface area contributed by atoms with Crippen LogP contribution in [0.3, 0.4) is 0 Å². The fraction of sp³-hybridized carbons (Fsp3) is 0.188. The summed E-state index contributed by atoms with van der Waals surface area (Å²) in [4.78, 5) is 12.4. The van der Waals surface area contributed by atoms with Crippen LogP contribution in [0.1, 0.15) is 23.2 Å². The summed E-state index contributed by atoms with van der Waals surface area (Å²) in [6, 6.07) is 10.6. The van der Waals surface area contributed by atoms with Gasteiger partial charge in [-0.25, -0.2) is 13.1 Å². The van der Waals surface area contributed by atoms with E-state index in [1.807, 2.05) is 0 Å². The molecule has 0 heterocycles. The summed E-state index contributed by atoms with van der Waals surface area (Å²) in [5.74, 6) is -0.433. The summed E-state index contributed by atoms with van der Waals surface area (Å²) in [6.07, 6.45) is 1.69. The lowest BCUT2D eigenvalue weighted by Gasteiger charge is -2.09. The Bertz CT molecular complexity index is 896. The molecule has 1 amide bonds. The highest BCUT2D eigenvalue weighted by Crippen LogP contribution is 2.26. The maximum absolute atomic E-state index is 12.3. The molecule has 1 fully saturated rings. The summed E-state index contributed by atoms with van der Waals surface area (Å²) in [5, 5.41) is 3.36. The first-order valence-corrected chi connectivity index (χ1v) is 9.48. The minimum atomic E-state index is -3.61. The van der Waals surface area contributed by atoms with E-state index in [2.05, 4.69) is 10.0 Å². The molecular formula is C16H14Cl2N2O3S. The molecule has 0 unspecified atom stereocenters. The molecule has 0 atom stereocenters. The molecule has 1 aliphatic rings. The summed E-state index contributed by atoms with van der Waals surface area (Å²) >= 11 is 11.7. The van der Waals surface area contributed by atoms with Gasteiger partial charge in [-0.1, -0.05) is 29.3 Å². The number of sulfonamides is 1. The van der Waals surface area contributed by atoms with Gasteiger partial charge in [0.25, 0.3) is 5.91 Å². The minimum absolute atomic E-state index is 0.00342. The van der Waals surface area contributed by atoms with Crippen molar-refractivity contribution in [2.45, 2.75) is 23.8 Å². The van der Waals surface area contributed by atoms with E-state index in [1.165, 1.54) is 24.3 Å². The molecule has 0 aromatic heterocycles. The fourth-order valence-electron chi connectivity index (χ4n) is 2.07. The average molecular weight is 385 g/mol. The van der Waals surface area contributed by atoms with Gasteiger partial charge in [-0.05, 0) is 49.2 Å². The quantitative estimate of drug-likeness (QED) is 0.825. The lowest BCUT2D eigenvalue weighted by atomic mass is 10.2. The van der Waals surface area contributed by atoms with E-state index < -0.39 is 15.9 Å². The summed E-state index contributed by atoms with van der Waals surface area (Å²) in [6.45, 7) is 0. The van der Waals surface area contributed by atoms with Gasteiger partial charge in [0.1, 0.15) is 0 Å². The van der Waals surface area contributed by atoms with Crippen LogP contribution >= 0.6 is 23.2 Å². The number of rotatable bonds is 5. The molecule has 0 spiro atoms. The van der Waals surface area contributed by atoms with Gasteiger partial charge in [-0.15, -0.1) is 0 Å². The summed E-state index contributed by atoms with van der Waals surface area (Å²) < 4.78 is 27.0. The molecule has 2 aromatic carbocycles. The number of benzene rings is 2. The number of nitrogens with one attached hydrogen (secondary N) is 2. The molecule has 2 aromatic rings. The van der Waals surface area contributed by atoms with Gasteiger partial charge < -0.3 is 5.32 Å². The molecule has 0 bridgehead atoms. The van der Waals surface area contributed by atoms with Gasteiger partial charge in [0.2, 0.25) is 10.0 Å². The molecule has 0 saturated heterocycles. The maximum atomic E-state index is 12.3. The Morgan fingerprint density at radius 3 is 2.46 bits per heavy atom. The van der Waals surface area contributed by atoms with Gasteiger partial charge in [0.15, 0.2) is 0 Å². The number of carbonyl (C=O) groups is 1. The lowest BCUT2D eigenvalue weighted by Crippen LogP contribution is -2.26. The SMILES string of the molecule is O=C(Nc1ccc(Cl)c(Cl)c1)c1cccc(S(=O)(=O)NC2CC2)c1. The monoisotopic (exact) mass is 384 g/mol. The molecule has 3 rings (SSSR count). The first-order chi connectivity index (χ1) is 11.3. The third kappa shape index (κ3) is 4.08. The lowest BCUT2D eigenvalue weighted by molar-refractivity contribution is 0.102. The normalized spacial score (nSPS) is 14.4. The van der Waals surface area contributed by atoms with Crippen LogP contribution in [0, 0.1) is 0 Å². The van der Waals surface area contributed by atoms with Crippen molar-refractivity contribution in [1.82, 2.24) is 4.72 Å². The first kappa shape index (κ1) is 17.2. The Kier molecular flexibility index (Phi) is 4.83. The van der Waals surface area contributed by atoms with Gasteiger partial charge in [0, 0.05) is 17.3 Å². The van der Waals surface area contributed by atoms with Crippen molar-refractivity contribution in [2.24, 2.45) is 0 Å². The van der Waals surface area contributed by atoms with Crippen LogP contribution in [0.2, 0.25) is 10.0 Å². The average Bonchev–Trinajstić information content (AvgIpc) is 3.34. The highest BCUT2D eigenvalue weighted by Gasteiger charge is 2.28. The fourth-order valence-corrected chi connectivity index (χ4v) is 3.72. The van der Waals surface area contributed by atoms with Crippen molar-refractivity contribution in [3.05, 3.63) is 58.1 Å². The molecule has 24 heavy (non-hydrogen) atoms. The first-order valence-electron chi connectivity index (χ1n) is 7.24. The van der Waals surface area contributed by atoms with Gasteiger partial charge in [-0.2, -0.15) is 0 Å². The largest absolute Gasteiger partial charge is 0.322 e. The number of halogens is 2. The van der Waals surface area contributed by atoms with Gasteiger partial charge in [0.05, 0.1) is 14.9 Å². The standard InChI is InChI=1S/C16H14Cl2N2O3S/c17-14-7-6-12(9-15(14)18)19-16(21)10-2-1-3-13(8-10)24(22,23)20-11-4-5-11/h1-3,6-9,11,20H,4-5H2,(H,19,21). The zero-order valence-corrected chi connectivity index (χ0v) is 14.8. The molecule has 1 saturated carbocycles. The highest BCUT2D eigenvalue weighted by atomic mass is 35.5. The van der Waals surface area contributed by atoms with Crippen LogP contribution in [0.15, 0.2) is 47.4 Å².